The number of hydrogen-bond acceptors (Lipinski definition) is 5. The van der Waals surface area contributed by atoms with E-state index in [-0.39, 0.29) is 70.3 Å². The quantitative estimate of drug-likeness (QED) is 0.223. The summed E-state index contributed by atoms with van der Waals surface area (Å²) in [4.78, 5) is 8.54. The Kier molecular flexibility index (Phi) is 10.9. The molecule has 0 aromatic heterocycles. The van der Waals surface area contributed by atoms with Crippen LogP contribution in [-0.4, -0.2) is 30.2 Å². The molecular formula is C23H30AgIN3O2. The van der Waals surface area contributed by atoms with Gasteiger partial charge >= 0.3 is 22.4 Å². The van der Waals surface area contributed by atoms with Crippen LogP contribution in [0.25, 0.3) is 0 Å². The van der Waals surface area contributed by atoms with Crippen molar-refractivity contribution in [1.29, 1.82) is 0 Å². The van der Waals surface area contributed by atoms with Crippen molar-refractivity contribution >= 4 is 41.2 Å². The number of aliphatic hydroxyl groups is 1. The van der Waals surface area contributed by atoms with Crippen LogP contribution >= 0.6 is 24.0 Å². The minimum atomic E-state index is -0.371. The van der Waals surface area contributed by atoms with Gasteiger partial charge < -0.3 is 20.0 Å². The van der Waals surface area contributed by atoms with Gasteiger partial charge in [0, 0.05) is 13.1 Å². The molecule has 1 aliphatic heterocycles. The fourth-order valence-corrected chi connectivity index (χ4v) is 3.29. The average Bonchev–Trinajstić information content (AvgIpc) is 3.02. The van der Waals surface area contributed by atoms with Crippen molar-refractivity contribution in [3.8, 4) is 0 Å². The van der Waals surface area contributed by atoms with Crippen molar-refractivity contribution in [2.75, 3.05) is 23.0 Å². The molecule has 1 heterocycles. The Balaban J connectivity index is 0.00000225. The maximum Gasteiger partial charge on any atom is 1.00 e. The molecule has 5 nitrogen and oxygen atoms in total. The van der Waals surface area contributed by atoms with Crippen LogP contribution in [0.4, 0.5) is 11.4 Å². The number of rotatable bonds is 7. The van der Waals surface area contributed by atoms with Gasteiger partial charge in [0.1, 0.15) is 6.67 Å². The van der Waals surface area contributed by atoms with Gasteiger partial charge in [-0.3, -0.25) is 4.99 Å². The molecule has 0 bridgehead atoms. The number of hydrogen-bond donors (Lipinski definition) is 1. The number of aliphatic hydroxyl groups excluding tert-OH is 1. The smallest absolute Gasteiger partial charge is 0.862 e. The summed E-state index contributed by atoms with van der Waals surface area (Å²) in [6.45, 7) is 9.25. The van der Waals surface area contributed by atoms with E-state index in [0.717, 1.165) is 17.9 Å². The summed E-state index contributed by atoms with van der Waals surface area (Å²) in [5.74, 6) is -0.165. The van der Waals surface area contributed by atoms with Crippen molar-refractivity contribution in [3.05, 3.63) is 66.8 Å². The van der Waals surface area contributed by atoms with Crippen molar-refractivity contribution in [1.82, 2.24) is 0 Å². The zero-order valence-electron chi connectivity index (χ0n) is 17.6. The summed E-state index contributed by atoms with van der Waals surface area (Å²) < 4.78 is 0. The predicted molar refractivity (Wildman–Crippen MR) is 129 cm³/mol. The predicted octanol–water partition coefficient (Wildman–Crippen LogP) is 3.80. The second-order valence-corrected chi connectivity index (χ2v) is 8.25. The summed E-state index contributed by atoms with van der Waals surface area (Å²) in [7, 11) is 0. The minimum Gasteiger partial charge on any atom is -0.862 e. The molecule has 1 aliphatic rings. The van der Waals surface area contributed by atoms with Crippen molar-refractivity contribution in [3.63, 3.8) is 0 Å². The largest absolute Gasteiger partial charge is 1.00 e. The zero-order valence-corrected chi connectivity index (χ0v) is 21.4. The van der Waals surface area contributed by atoms with Gasteiger partial charge in [0.05, 0.1) is 24.0 Å². The minimum absolute atomic E-state index is 0. The van der Waals surface area contributed by atoms with E-state index in [1.165, 1.54) is 5.56 Å². The van der Waals surface area contributed by atoms with Crippen molar-refractivity contribution < 1.29 is 32.6 Å². The van der Waals surface area contributed by atoms with Crippen LogP contribution in [0.3, 0.4) is 0 Å². The van der Waals surface area contributed by atoms with Gasteiger partial charge in [0.25, 0.3) is 0 Å². The summed E-state index contributed by atoms with van der Waals surface area (Å²) in [5.41, 5.74) is 3.24. The van der Waals surface area contributed by atoms with Crippen LogP contribution < -0.4 is 14.9 Å². The first-order valence-corrected chi connectivity index (χ1v) is 9.74. The number of halogens is 1. The van der Waals surface area contributed by atoms with E-state index in [1.54, 1.807) is 0 Å². The fraction of sp³-hybridized carbons (Fsp3) is 0.391. The molecule has 0 unspecified atom stereocenters. The molecule has 0 aliphatic carbocycles. The third kappa shape index (κ3) is 6.99. The second kappa shape index (κ2) is 12.1. The number of aliphatic imine (C=N–C) groups is 1. The SMILES string of the molecule is CC(C)(C)[C@@H](CO)N=C([O-])CCN1[CH]N(Cc2ccccc2)c2ccccc21.I.[Ag+]. The van der Waals surface area contributed by atoms with Crippen LogP contribution in [0, 0.1) is 12.1 Å². The Labute approximate surface area is 212 Å². The molecule has 1 N–H and O–H groups in total. The molecule has 7 heteroatoms. The molecular weight excluding hydrogens is 585 g/mol. The topological polar surface area (TPSA) is 62.1 Å². The summed E-state index contributed by atoms with van der Waals surface area (Å²) in [5, 5.41) is 21.9. The zero-order chi connectivity index (χ0) is 20.1. The molecule has 0 spiro atoms. The van der Waals surface area contributed by atoms with Crippen LogP contribution in [-0.2, 0) is 28.9 Å². The van der Waals surface area contributed by atoms with Gasteiger partial charge in [-0.25, -0.2) is 0 Å². The first-order valence-electron chi connectivity index (χ1n) is 9.74. The molecule has 1 atom stereocenters. The van der Waals surface area contributed by atoms with E-state index in [4.69, 9.17) is 0 Å². The van der Waals surface area contributed by atoms with Gasteiger partial charge in [-0.2, -0.15) is 0 Å². The monoisotopic (exact) mass is 614 g/mol. The summed E-state index contributed by atoms with van der Waals surface area (Å²) in [6, 6.07) is 18.2. The summed E-state index contributed by atoms with van der Waals surface area (Å²) in [6.07, 6.45) is 0.316. The van der Waals surface area contributed by atoms with Crippen LogP contribution in [0.2, 0.25) is 0 Å². The molecule has 0 saturated heterocycles. The van der Waals surface area contributed by atoms with E-state index >= 15 is 0 Å². The molecule has 0 amide bonds. The first kappa shape index (κ1) is 27.0. The van der Waals surface area contributed by atoms with Crippen LogP contribution in [0.1, 0.15) is 32.8 Å². The third-order valence-corrected chi connectivity index (χ3v) is 5.01. The molecule has 0 fully saturated rings. The number of para-hydroxylation sites is 2. The second-order valence-electron chi connectivity index (χ2n) is 8.25. The number of anilines is 2. The molecule has 0 saturated carbocycles. The maximum atomic E-state index is 12.4. The normalized spacial score (nSPS) is 14.6. The average molecular weight is 615 g/mol. The third-order valence-electron chi connectivity index (χ3n) is 5.01. The van der Waals surface area contributed by atoms with Crippen molar-refractivity contribution in [2.45, 2.75) is 39.8 Å². The Morgan fingerprint density at radius 3 is 2.13 bits per heavy atom. The van der Waals surface area contributed by atoms with E-state index < -0.39 is 0 Å². The molecule has 1 radical (unpaired) electrons. The Morgan fingerprint density at radius 1 is 1.00 bits per heavy atom. The molecule has 30 heavy (non-hydrogen) atoms. The molecule has 167 valence electrons. The van der Waals surface area contributed by atoms with Gasteiger partial charge in [-0.15, -0.1) is 24.0 Å². The van der Waals surface area contributed by atoms with Gasteiger partial charge in [-0.05, 0) is 35.4 Å². The standard InChI is InChI=1S/C23H30N3O2.Ag.HI/c1-23(2,3)21(16-27)24-22(28)13-14-25-17-26(15-18-9-5-4-6-10-18)20-12-8-7-11-19(20)25;;/h4-12,17,21,27H,13-16H2,1-3H3,(H,24,28);;1H/q;+1;/p-1/t21-;;/m1../s1. The van der Waals surface area contributed by atoms with E-state index in [0.29, 0.717) is 13.0 Å². The Bertz CT molecular complexity index is 812. The first-order chi connectivity index (χ1) is 13.4. The summed E-state index contributed by atoms with van der Waals surface area (Å²) >= 11 is 0. The maximum absolute atomic E-state index is 12.4. The Hall–Kier alpha value is -1.06. The van der Waals surface area contributed by atoms with E-state index in [2.05, 4.69) is 45.7 Å². The van der Waals surface area contributed by atoms with E-state index in [9.17, 15) is 10.2 Å². The molecule has 2 aromatic rings. The van der Waals surface area contributed by atoms with Crippen LogP contribution in [0.15, 0.2) is 59.6 Å². The van der Waals surface area contributed by atoms with Gasteiger partial charge in [0.15, 0.2) is 0 Å². The number of fused-ring (bicyclic) bond motifs is 1. The number of nitrogens with zero attached hydrogens (tertiary/aromatic N) is 3. The van der Waals surface area contributed by atoms with Gasteiger partial charge in [0.2, 0.25) is 0 Å². The Morgan fingerprint density at radius 2 is 1.57 bits per heavy atom. The van der Waals surface area contributed by atoms with Crippen molar-refractivity contribution in [2.24, 2.45) is 10.4 Å². The van der Waals surface area contributed by atoms with E-state index in [1.807, 2.05) is 51.1 Å². The van der Waals surface area contributed by atoms with Gasteiger partial charge in [-0.1, -0.05) is 63.2 Å². The van der Waals surface area contributed by atoms with Crippen LogP contribution in [0.5, 0.6) is 0 Å². The molecule has 3 rings (SSSR count). The fourth-order valence-electron chi connectivity index (χ4n) is 3.29. The molecule has 2 aromatic carbocycles. The number of benzene rings is 2.